The van der Waals surface area contributed by atoms with Gasteiger partial charge in [-0.2, -0.15) is 0 Å². The molecule has 1 N–H and O–H groups in total. The van der Waals surface area contributed by atoms with Crippen LogP contribution in [0.1, 0.15) is 22.8 Å². The quantitative estimate of drug-likeness (QED) is 0.734. The number of aryl methyl sites for hydroxylation is 1. The number of ether oxygens (including phenoxy) is 1. The minimum atomic E-state index is -3.64. The van der Waals surface area contributed by atoms with Crippen LogP contribution in [-0.4, -0.2) is 39.7 Å². The van der Waals surface area contributed by atoms with E-state index in [1.54, 1.807) is 50.2 Å². The molecule has 2 aromatic rings. The van der Waals surface area contributed by atoms with E-state index in [0.717, 1.165) is 16.1 Å². The predicted molar refractivity (Wildman–Crippen MR) is 104 cm³/mol. The minimum Gasteiger partial charge on any atom is -0.462 e. The number of sulfonamides is 1. The molecule has 0 unspecified atom stereocenters. The van der Waals surface area contributed by atoms with Gasteiger partial charge in [0.1, 0.15) is 6.54 Å². The predicted octanol–water partition coefficient (Wildman–Crippen LogP) is 2.58. The standard InChI is InChI=1S/C19H22N2O5S/c1-4-26-19(23)15-9-11-16(12-10-15)20-18(22)13-21(27(3,24)25)17-8-6-5-7-14(17)2/h5-12H,4,13H2,1-3H3,(H,20,22). The molecule has 144 valence electrons. The molecular formula is C19H22N2O5S. The van der Waals surface area contributed by atoms with Crippen LogP contribution >= 0.6 is 0 Å². The average Bonchev–Trinajstić information content (AvgIpc) is 2.60. The molecule has 2 aromatic carbocycles. The van der Waals surface area contributed by atoms with Crippen LogP contribution in [0.2, 0.25) is 0 Å². The summed E-state index contributed by atoms with van der Waals surface area (Å²) in [6.07, 6.45) is 1.06. The molecule has 0 atom stereocenters. The number of carbonyl (C=O) groups excluding carboxylic acids is 2. The Labute approximate surface area is 159 Å². The minimum absolute atomic E-state index is 0.275. The number of para-hydroxylation sites is 1. The Morgan fingerprint density at radius 2 is 1.70 bits per heavy atom. The molecule has 2 rings (SSSR count). The first kappa shape index (κ1) is 20.4. The zero-order chi connectivity index (χ0) is 20.0. The number of nitrogens with one attached hydrogen (secondary N) is 1. The van der Waals surface area contributed by atoms with Crippen molar-refractivity contribution in [3.05, 3.63) is 59.7 Å². The Morgan fingerprint density at radius 1 is 1.07 bits per heavy atom. The van der Waals surface area contributed by atoms with Crippen LogP contribution in [0.25, 0.3) is 0 Å². The molecule has 1 amide bonds. The van der Waals surface area contributed by atoms with E-state index in [1.807, 2.05) is 0 Å². The lowest BCUT2D eigenvalue weighted by atomic mass is 10.2. The first-order chi connectivity index (χ1) is 12.7. The van der Waals surface area contributed by atoms with E-state index < -0.39 is 21.9 Å². The van der Waals surface area contributed by atoms with Crippen molar-refractivity contribution in [2.75, 3.05) is 29.0 Å². The number of benzene rings is 2. The number of amides is 1. The Hall–Kier alpha value is -2.87. The van der Waals surface area contributed by atoms with Crippen molar-refractivity contribution < 1.29 is 22.7 Å². The van der Waals surface area contributed by atoms with Crippen LogP contribution in [0, 0.1) is 6.92 Å². The number of hydrogen-bond acceptors (Lipinski definition) is 5. The fourth-order valence-corrected chi connectivity index (χ4v) is 3.37. The van der Waals surface area contributed by atoms with Crippen LogP contribution in [-0.2, 0) is 19.6 Å². The molecule has 0 aliphatic rings. The van der Waals surface area contributed by atoms with Crippen molar-refractivity contribution in [1.82, 2.24) is 0 Å². The van der Waals surface area contributed by atoms with Gasteiger partial charge in [0.05, 0.1) is 24.1 Å². The average molecular weight is 390 g/mol. The van der Waals surface area contributed by atoms with Gasteiger partial charge in [0.25, 0.3) is 0 Å². The summed E-state index contributed by atoms with van der Waals surface area (Å²) >= 11 is 0. The third-order valence-electron chi connectivity index (χ3n) is 3.75. The first-order valence-electron chi connectivity index (χ1n) is 8.32. The zero-order valence-electron chi connectivity index (χ0n) is 15.4. The van der Waals surface area contributed by atoms with Crippen LogP contribution in [0.4, 0.5) is 11.4 Å². The molecule has 0 saturated heterocycles. The summed E-state index contributed by atoms with van der Waals surface area (Å²) in [7, 11) is -3.64. The van der Waals surface area contributed by atoms with E-state index in [-0.39, 0.29) is 13.2 Å². The van der Waals surface area contributed by atoms with Gasteiger partial charge in [-0.3, -0.25) is 9.10 Å². The lowest BCUT2D eigenvalue weighted by Gasteiger charge is -2.23. The van der Waals surface area contributed by atoms with Crippen molar-refractivity contribution in [3.63, 3.8) is 0 Å². The molecule has 0 fully saturated rings. The summed E-state index contributed by atoms with van der Waals surface area (Å²) in [4.78, 5) is 24.0. The van der Waals surface area contributed by atoms with Crippen molar-refractivity contribution in [2.45, 2.75) is 13.8 Å². The maximum absolute atomic E-state index is 12.4. The van der Waals surface area contributed by atoms with Gasteiger partial charge in [-0.05, 0) is 49.7 Å². The lowest BCUT2D eigenvalue weighted by molar-refractivity contribution is -0.114. The molecule has 0 bridgehead atoms. The second-order valence-electron chi connectivity index (χ2n) is 5.90. The molecule has 0 aliphatic carbocycles. The van der Waals surface area contributed by atoms with Gasteiger partial charge in [-0.25, -0.2) is 13.2 Å². The maximum Gasteiger partial charge on any atom is 0.338 e. The van der Waals surface area contributed by atoms with Crippen molar-refractivity contribution in [3.8, 4) is 0 Å². The Morgan fingerprint density at radius 3 is 2.26 bits per heavy atom. The molecule has 0 radical (unpaired) electrons. The van der Waals surface area contributed by atoms with E-state index in [4.69, 9.17) is 4.74 Å². The molecule has 0 heterocycles. The van der Waals surface area contributed by atoms with E-state index in [9.17, 15) is 18.0 Å². The Kier molecular flexibility index (Phi) is 6.57. The number of rotatable bonds is 7. The third kappa shape index (κ3) is 5.55. The fraction of sp³-hybridized carbons (Fsp3) is 0.263. The van der Waals surface area contributed by atoms with Crippen LogP contribution in [0.5, 0.6) is 0 Å². The smallest absolute Gasteiger partial charge is 0.338 e. The highest BCUT2D eigenvalue weighted by atomic mass is 32.2. The molecule has 0 saturated carbocycles. The number of carbonyl (C=O) groups is 2. The highest BCUT2D eigenvalue weighted by molar-refractivity contribution is 7.92. The van der Waals surface area contributed by atoms with E-state index in [1.165, 1.54) is 12.1 Å². The molecule has 0 spiro atoms. The summed E-state index contributed by atoms with van der Waals surface area (Å²) in [6.45, 7) is 3.41. The summed E-state index contributed by atoms with van der Waals surface area (Å²) in [5, 5.41) is 2.63. The van der Waals surface area contributed by atoms with E-state index in [2.05, 4.69) is 5.32 Å². The topological polar surface area (TPSA) is 92.8 Å². The molecule has 8 heteroatoms. The number of nitrogens with zero attached hydrogens (tertiary/aromatic N) is 1. The highest BCUT2D eigenvalue weighted by Crippen LogP contribution is 2.22. The molecular weight excluding hydrogens is 368 g/mol. The lowest BCUT2D eigenvalue weighted by Crippen LogP contribution is -2.37. The van der Waals surface area contributed by atoms with Crippen LogP contribution < -0.4 is 9.62 Å². The molecule has 27 heavy (non-hydrogen) atoms. The van der Waals surface area contributed by atoms with Crippen molar-refractivity contribution in [2.24, 2.45) is 0 Å². The third-order valence-corrected chi connectivity index (χ3v) is 4.88. The van der Waals surface area contributed by atoms with Crippen molar-refractivity contribution in [1.29, 1.82) is 0 Å². The second-order valence-corrected chi connectivity index (χ2v) is 7.81. The summed E-state index contributed by atoms with van der Waals surface area (Å²) in [5.41, 5.74) is 2.01. The van der Waals surface area contributed by atoms with Gasteiger partial charge in [0.15, 0.2) is 0 Å². The second kappa shape index (κ2) is 8.68. The van der Waals surface area contributed by atoms with E-state index in [0.29, 0.717) is 16.9 Å². The Balaban J connectivity index is 2.13. The zero-order valence-corrected chi connectivity index (χ0v) is 16.2. The molecule has 0 aliphatic heterocycles. The Bertz CT molecular complexity index is 923. The van der Waals surface area contributed by atoms with Gasteiger partial charge < -0.3 is 10.1 Å². The van der Waals surface area contributed by atoms with Gasteiger partial charge in [-0.15, -0.1) is 0 Å². The summed E-state index contributed by atoms with van der Waals surface area (Å²) < 4.78 is 30.3. The normalized spacial score (nSPS) is 10.9. The van der Waals surface area contributed by atoms with Gasteiger partial charge in [0.2, 0.25) is 15.9 Å². The largest absolute Gasteiger partial charge is 0.462 e. The van der Waals surface area contributed by atoms with Crippen LogP contribution in [0.15, 0.2) is 48.5 Å². The highest BCUT2D eigenvalue weighted by Gasteiger charge is 2.22. The summed E-state index contributed by atoms with van der Waals surface area (Å²) in [5.74, 6) is -0.939. The number of anilines is 2. The first-order valence-corrected chi connectivity index (χ1v) is 10.2. The van der Waals surface area contributed by atoms with Crippen molar-refractivity contribution >= 4 is 33.3 Å². The monoisotopic (exact) mass is 390 g/mol. The van der Waals surface area contributed by atoms with E-state index >= 15 is 0 Å². The van der Waals surface area contributed by atoms with Crippen LogP contribution in [0.3, 0.4) is 0 Å². The number of hydrogen-bond donors (Lipinski definition) is 1. The maximum atomic E-state index is 12.4. The molecule has 7 nitrogen and oxygen atoms in total. The summed E-state index contributed by atoms with van der Waals surface area (Å²) in [6, 6.07) is 13.1. The SMILES string of the molecule is CCOC(=O)c1ccc(NC(=O)CN(c2ccccc2C)S(C)(=O)=O)cc1. The fourth-order valence-electron chi connectivity index (χ4n) is 2.46. The van der Waals surface area contributed by atoms with Gasteiger partial charge in [-0.1, -0.05) is 18.2 Å². The van der Waals surface area contributed by atoms with Gasteiger partial charge >= 0.3 is 5.97 Å². The van der Waals surface area contributed by atoms with Gasteiger partial charge in [0, 0.05) is 5.69 Å². The number of esters is 1. The molecule has 0 aromatic heterocycles.